The number of amides is 1. The van der Waals surface area contributed by atoms with Gasteiger partial charge < -0.3 is 15.5 Å². The molecule has 0 aliphatic rings. The van der Waals surface area contributed by atoms with Gasteiger partial charge in [-0.2, -0.15) is 0 Å². The minimum Gasteiger partial charge on any atom is -0.505 e. The lowest BCUT2D eigenvalue weighted by atomic mass is 10.2. The molecule has 1 heterocycles. The van der Waals surface area contributed by atoms with E-state index in [9.17, 15) is 14.7 Å². The number of hydrogen-bond donors (Lipinski definition) is 3. The summed E-state index contributed by atoms with van der Waals surface area (Å²) in [6.07, 6.45) is 1.36. The van der Waals surface area contributed by atoms with Crippen LogP contribution in [0.5, 0.6) is 5.75 Å². The Morgan fingerprint density at radius 1 is 1.25 bits per heavy atom. The highest BCUT2D eigenvalue weighted by molar-refractivity contribution is 6.31. The Morgan fingerprint density at radius 3 is 2.65 bits per heavy atom. The monoisotopic (exact) mass is 292 g/mol. The van der Waals surface area contributed by atoms with Gasteiger partial charge in [0.05, 0.1) is 5.56 Å². The Morgan fingerprint density at radius 2 is 2.00 bits per heavy atom. The molecule has 7 heteroatoms. The zero-order chi connectivity index (χ0) is 14.7. The maximum absolute atomic E-state index is 11.9. The number of rotatable bonds is 3. The second-order valence-electron chi connectivity index (χ2n) is 3.86. The normalized spacial score (nSPS) is 10.1. The zero-order valence-electron chi connectivity index (χ0n) is 10.0. The van der Waals surface area contributed by atoms with Gasteiger partial charge in [0.15, 0.2) is 5.69 Å². The van der Waals surface area contributed by atoms with E-state index in [1.165, 1.54) is 36.5 Å². The van der Waals surface area contributed by atoms with Gasteiger partial charge in [-0.25, -0.2) is 9.78 Å². The predicted molar refractivity (Wildman–Crippen MR) is 72.3 cm³/mol. The molecule has 1 aromatic carbocycles. The molecule has 0 spiro atoms. The molecule has 20 heavy (non-hydrogen) atoms. The van der Waals surface area contributed by atoms with Crippen LogP contribution in [-0.4, -0.2) is 27.1 Å². The van der Waals surface area contributed by atoms with E-state index in [0.29, 0.717) is 0 Å². The van der Waals surface area contributed by atoms with Crippen LogP contribution in [0.4, 0.5) is 5.69 Å². The van der Waals surface area contributed by atoms with Crippen LogP contribution in [0.25, 0.3) is 0 Å². The fourth-order valence-electron chi connectivity index (χ4n) is 1.55. The summed E-state index contributed by atoms with van der Waals surface area (Å²) in [5.74, 6) is -2.10. The maximum atomic E-state index is 11.9. The molecule has 0 fully saturated rings. The number of halogens is 1. The van der Waals surface area contributed by atoms with Gasteiger partial charge in [0.25, 0.3) is 5.91 Å². The van der Waals surface area contributed by atoms with Crippen molar-refractivity contribution in [3.63, 3.8) is 0 Å². The van der Waals surface area contributed by atoms with E-state index in [1.807, 2.05) is 0 Å². The van der Waals surface area contributed by atoms with E-state index in [4.69, 9.17) is 16.7 Å². The molecular formula is C13H9ClN2O4. The first-order valence-corrected chi connectivity index (χ1v) is 5.84. The molecule has 102 valence electrons. The Bertz CT molecular complexity index is 688. The Hall–Kier alpha value is -2.60. The summed E-state index contributed by atoms with van der Waals surface area (Å²) < 4.78 is 0. The summed E-state index contributed by atoms with van der Waals surface area (Å²) in [6, 6.07) is 6.71. The highest BCUT2D eigenvalue weighted by Gasteiger charge is 2.14. The van der Waals surface area contributed by atoms with Gasteiger partial charge in [-0.3, -0.25) is 4.79 Å². The number of benzene rings is 1. The van der Waals surface area contributed by atoms with Gasteiger partial charge in [-0.15, -0.1) is 0 Å². The molecule has 0 radical (unpaired) electrons. The molecule has 2 rings (SSSR count). The number of pyridine rings is 1. The average molecular weight is 293 g/mol. The van der Waals surface area contributed by atoms with Crippen LogP contribution >= 0.6 is 11.6 Å². The number of hydrogen-bond acceptors (Lipinski definition) is 4. The van der Waals surface area contributed by atoms with Gasteiger partial charge in [0.2, 0.25) is 0 Å². The SMILES string of the molecule is O=C(O)c1cc(Cl)cc(NC(=O)c2ncccc2O)c1. The van der Waals surface area contributed by atoms with E-state index < -0.39 is 11.9 Å². The third-order valence-corrected chi connectivity index (χ3v) is 2.62. The van der Waals surface area contributed by atoms with Crippen LogP contribution in [0.1, 0.15) is 20.8 Å². The molecule has 3 N–H and O–H groups in total. The van der Waals surface area contributed by atoms with Crippen molar-refractivity contribution in [3.05, 3.63) is 52.8 Å². The number of anilines is 1. The molecule has 0 bridgehead atoms. The van der Waals surface area contributed by atoms with Crippen molar-refractivity contribution in [1.29, 1.82) is 0 Å². The Labute approximate surface area is 118 Å². The molecule has 1 amide bonds. The molecular weight excluding hydrogens is 284 g/mol. The highest BCUT2D eigenvalue weighted by atomic mass is 35.5. The van der Waals surface area contributed by atoms with Gasteiger partial charge in [-0.05, 0) is 30.3 Å². The summed E-state index contributed by atoms with van der Waals surface area (Å²) in [5, 5.41) is 21.0. The second-order valence-corrected chi connectivity index (χ2v) is 4.30. The van der Waals surface area contributed by atoms with E-state index >= 15 is 0 Å². The van der Waals surface area contributed by atoms with Crippen molar-refractivity contribution < 1.29 is 19.8 Å². The first kappa shape index (κ1) is 13.8. The summed E-state index contributed by atoms with van der Waals surface area (Å²) in [5.41, 5.74) is -0.0210. The van der Waals surface area contributed by atoms with Gasteiger partial charge >= 0.3 is 5.97 Å². The van der Waals surface area contributed by atoms with Crippen LogP contribution in [0.2, 0.25) is 5.02 Å². The fraction of sp³-hybridized carbons (Fsp3) is 0. The number of carbonyl (C=O) groups excluding carboxylic acids is 1. The third kappa shape index (κ3) is 3.04. The number of carboxylic acids is 1. The molecule has 0 aliphatic heterocycles. The smallest absolute Gasteiger partial charge is 0.335 e. The Kier molecular flexibility index (Phi) is 3.86. The van der Waals surface area contributed by atoms with Crippen molar-refractivity contribution in [2.45, 2.75) is 0 Å². The summed E-state index contributed by atoms with van der Waals surface area (Å²) in [6.45, 7) is 0. The van der Waals surface area contributed by atoms with Crippen molar-refractivity contribution in [2.75, 3.05) is 5.32 Å². The molecule has 2 aromatic rings. The average Bonchev–Trinajstić information content (AvgIpc) is 2.38. The van der Waals surface area contributed by atoms with Crippen molar-refractivity contribution in [3.8, 4) is 5.75 Å². The van der Waals surface area contributed by atoms with Gasteiger partial charge in [-0.1, -0.05) is 11.6 Å². The van der Waals surface area contributed by atoms with Crippen molar-refractivity contribution >= 4 is 29.2 Å². The third-order valence-electron chi connectivity index (χ3n) is 2.40. The van der Waals surface area contributed by atoms with Crippen molar-refractivity contribution in [1.82, 2.24) is 4.98 Å². The lowest BCUT2D eigenvalue weighted by Crippen LogP contribution is -2.14. The molecule has 1 aromatic heterocycles. The van der Waals surface area contributed by atoms with Crippen LogP contribution in [0.15, 0.2) is 36.5 Å². The number of carboxylic acid groups (broad SMARTS) is 1. The van der Waals surface area contributed by atoms with E-state index in [-0.39, 0.29) is 27.7 Å². The van der Waals surface area contributed by atoms with Crippen LogP contribution in [0, 0.1) is 0 Å². The van der Waals surface area contributed by atoms with Crippen LogP contribution in [0.3, 0.4) is 0 Å². The predicted octanol–water partition coefficient (Wildman–Crippen LogP) is 2.39. The van der Waals surface area contributed by atoms with E-state index in [1.54, 1.807) is 0 Å². The number of aromatic hydroxyl groups is 1. The summed E-state index contributed by atoms with van der Waals surface area (Å²) in [4.78, 5) is 26.5. The van der Waals surface area contributed by atoms with Crippen LogP contribution in [-0.2, 0) is 0 Å². The Balaban J connectivity index is 2.28. The molecule has 0 aliphatic carbocycles. The van der Waals surface area contributed by atoms with E-state index in [0.717, 1.165) is 0 Å². The summed E-state index contributed by atoms with van der Waals surface area (Å²) in [7, 11) is 0. The second kappa shape index (κ2) is 5.58. The highest BCUT2D eigenvalue weighted by Crippen LogP contribution is 2.21. The first-order chi connectivity index (χ1) is 9.47. The number of nitrogens with one attached hydrogen (secondary N) is 1. The van der Waals surface area contributed by atoms with Gasteiger partial charge in [0, 0.05) is 16.9 Å². The zero-order valence-corrected chi connectivity index (χ0v) is 10.8. The minimum absolute atomic E-state index is 0.0574. The van der Waals surface area contributed by atoms with Gasteiger partial charge in [0.1, 0.15) is 5.75 Å². The maximum Gasteiger partial charge on any atom is 0.335 e. The molecule has 6 nitrogen and oxygen atoms in total. The van der Waals surface area contributed by atoms with Crippen molar-refractivity contribution in [2.24, 2.45) is 0 Å². The fourth-order valence-corrected chi connectivity index (χ4v) is 1.78. The molecule has 0 atom stereocenters. The molecule has 0 saturated heterocycles. The number of nitrogens with zero attached hydrogens (tertiary/aromatic N) is 1. The molecule has 0 saturated carbocycles. The first-order valence-electron chi connectivity index (χ1n) is 5.46. The number of aromatic carboxylic acids is 1. The lowest BCUT2D eigenvalue weighted by molar-refractivity contribution is 0.0696. The van der Waals surface area contributed by atoms with Crippen LogP contribution < -0.4 is 5.32 Å². The lowest BCUT2D eigenvalue weighted by Gasteiger charge is -2.07. The topological polar surface area (TPSA) is 99.5 Å². The molecule has 0 unspecified atom stereocenters. The standard InChI is InChI=1S/C13H9ClN2O4/c14-8-4-7(13(19)20)5-9(6-8)16-12(18)11-10(17)2-1-3-15-11/h1-6,17H,(H,16,18)(H,19,20). The minimum atomic E-state index is -1.16. The summed E-state index contributed by atoms with van der Waals surface area (Å²) >= 11 is 5.78. The number of aromatic nitrogens is 1. The largest absolute Gasteiger partial charge is 0.505 e. The van der Waals surface area contributed by atoms with E-state index in [2.05, 4.69) is 10.3 Å². The number of carbonyl (C=O) groups is 2. The quantitative estimate of drug-likeness (QED) is 0.806.